The number of carboxylic acid groups (broad SMARTS) is 1. The Balaban J connectivity index is 2.32. The molecule has 0 aromatic carbocycles. The molecule has 0 aliphatic carbocycles. The minimum absolute atomic E-state index is 0.181. The molecule has 0 radical (unpaired) electrons. The zero-order chi connectivity index (χ0) is 10.8. The second-order valence-electron chi connectivity index (χ2n) is 2.58. The van der Waals surface area contributed by atoms with Crippen molar-refractivity contribution in [3.05, 3.63) is 17.3 Å². The Hall–Kier alpha value is -1.89. The highest BCUT2D eigenvalue weighted by Gasteiger charge is 2.15. The van der Waals surface area contributed by atoms with Crippen molar-refractivity contribution in [2.75, 3.05) is 7.11 Å². The number of carbonyl (C=O) groups is 1. The number of rotatable bonds is 3. The second-order valence-corrected chi connectivity index (χ2v) is 3.49. The van der Waals surface area contributed by atoms with Crippen molar-refractivity contribution in [3.63, 3.8) is 0 Å². The van der Waals surface area contributed by atoms with Crippen LogP contribution in [0.5, 0.6) is 5.75 Å². The van der Waals surface area contributed by atoms with Crippen molar-refractivity contribution in [1.82, 2.24) is 10.1 Å². The quantitative estimate of drug-likeness (QED) is 0.853. The fourth-order valence-electron chi connectivity index (χ4n) is 0.948. The van der Waals surface area contributed by atoms with Crippen LogP contribution in [0.25, 0.3) is 10.8 Å². The highest BCUT2D eigenvalue weighted by atomic mass is 32.1. The molecule has 2 rings (SSSR count). The first kappa shape index (κ1) is 9.66. The summed E-state index contributed by atoms with van der Waals surface area (Å²) in [5.41, 5.74) is 0. The molecule has 0 amide bonds. The highest BCUT2D eigenvalue weighted by molar-refractivity contribution is 7.13. The minimum atomic E-state index is -1.21. The van der Waals surface area contributed by atoms with Crippen LogP contribution in [0.15, 0.2) is 16.0 Å². The number of hydrogen-bond acceptors (Lipinski definition) is 6. The first-order chi connectivity index (χ1) is 7.20. The van der Waals surface area contributed by atoms with E-state index in [1.807, 2.05) is 0 Å². The van der Waals surface area contributed by atoms with Crippen LogP contribution in [-0.2, 0) is 0 Å². The monoisotopic (exact) mass is 226 g/mol. The van der Waals surface area contributed by atoms with Crippen LogP contribution in [0.2, 0.25) is 0 Å². The molecule has 0 unspecified atom stereocenters. The maximum absolute atomic E-state index is 10.5. The van der Waals surface area contributed by atoms with Crippen LogP contribution in [0.4, 0.5) is 0 Å². The van der Waals surface area contributed by atoms with Crippen molar-refractivity contribution in [2.45, 2.75) is 0 Å². The minimum Gasteiger partial charge on any atom is -0.496 e. The summed E-state index contributed by atoms with van der Waals surface area (Å²) < 4.78 is 9.76. The summed E-state index contributed by atoms with van der Waals surface area (Å²) in [5.74, 6) is -0.711. The lowest BCUT2D eigenvalue weighted by Gasteiger charge is -1.88. The number of methoxy groups -OCH3 is 1. The van der Waals surface area contributed by atoms with Gasteiger partial charge >= 0.3 is 5.97 Å². The Morgan fingerprint density at radius 2 is 2.47 bits per heavy atom. The lowest BCUT2D eigenvalue weighted by molar-refractivity contribution is 0.0680. The maximum atomic E-state index is 10.5. The molecule has 0 aliphatic rings. The number of nitrogens with zero attached hydrogens (tertiary/aromatic N) is 2. The van der Waals surface area contributed by atoms with Crippen molar-refractivity contribution >= 4 is 17.3 Å². The van der Waals surface area contributed by atoms with Gasteiger partial charge in [-0.2, -0.15) is 4.98 Å². The van der Waals surface area contributed by atoms with Crippen LogP contribution in [0.1, 0.15) is 10.6 Å². The third kappa shape index (κ3) is 1.82. The topological polar surface area (TPSA) is 85.5 Å². The molecule has 1 N–H and O–H groups in total. The Kier molecular flexibility index (Phi) is 2.38. The molecule has 0 spiro atoms. The van der Waals surface area contributed by atoms with Gasteiger partial charge in [0.25, 0.3) is 11.7 Å². The molecule has 6 nitrogen and oxygen atoms in total. The van der Waals surface area contributed by atoms with Crippen molar-refractivity contribution < 1.29 is 19.2 Å². The molecule has 78 valence electrons. The zero-order valence-electron chi connectivity index (χ0n) is 7.63. The molecule has 0 saturated heterocycles. The molecule has 2 aromatic heterocycles. The predicted molar refractivity (Wildman–Crippen MR) is 51.1 cm³/mol. The average molecular weight is 226 g/mol. The fraction of sp³-hybridized carbons (Fsp3) is 0.125. The summed E-state index contributed by atoms with van der Waals surface area (Å²) in [6, 6.07) is 1.70. The van der Waals surface area contributed by atoms with Crippen LogP contribution in [-0.4, -0.2) is 28.3 Å². The molecular weight excluding hydrogens is 220 g/mol. The Morgan fingerprint density at radius 3 is 3.00 bits per heavy atom. The zero-order valence-corrected chi connectivity index (χ0v) is 8.45. The molecule has 2 aromatic rings. The van der Waals surface area contributed by atoms with E-state index in [9.17, 15) is 4.79 Å². The number of ether oxygens (including phenoxy) is 1. The van der Waals surface area contributed by atoms with E-state index in [0.29, 0.717) is 10.6 Å². The van der Waals surface area contributed by atoms with Gasteiger partial charge in [-0.1, -0.05) is 0 Å². The molecule has 0 atom stereocenters. The smallest absolute Gasteiger partial charge is 0.377 e. The number of aromatic carboxylic acids is 1. The largest absolute Gasteiger partial charge is 0.496 e. The molecule has 0 aliphatic heterocycles. The van der Waals surface area contributed by atoms with E-state index < -0.39 is 5.97 Å². The van der Waals surface area contributed by atoms with Gasteiger partial charge in [0.2, 0.25) is 0 Å². The van der Waals surface area contributed by atoms with Crippen LogP contribution in [0, 0.1) is 0 Å². The number of hydrogen-bond donors (Lipinski definition) is 1. The fourth-order valence-corrected chi connectivity index (χ4v) is 1.72. The molecule has 0 saturated carbocycles. The van der Waals surface area contributed by atoms with E-state index in [0.717, 1.165) is 0 Å². The number of thiophene rings is 1. The van der Waals surface area contributed by atoms with E-state index in [4.69, 9.17) is 14.4 Å². The highest BCUT2D eigenvalue weighted by Crippen LogP contribution is 2.29. The van der Waals surface area contributed by atoms with Gasteiger partial charge in [0, 0.05) is 11.4 Å². The summed E-state index contributed by atoms with van der Waals surface area (Å²) in [4.78, 5) is 14.9. The lowest BCUT2D eigenvalue weighted by Crippen LogP contribution is -1.97. The molecular formula is C8H6N2O4S. The van der Waals surface area contributed by atoms with Gasteiger partial charge in [-0.25, -0.2) is 4.79 Å². The SMILES string of the molecule is COc1csc(-c2nc(C(=O)O)no2)c1. The molecule has 7 heteroatoms. The van der Waals surface area contributed by atoms with E-state index >= 15 is 0 Å². The van der Waals surface area contributed by atoms with Gasteiger partial charge in [0.15, 0.2) is 0 Å². The standard InChI is InChI=1S/C8H6N2O4S/c1-13-4-2-5(15-3-4)7-9-6(8(11)12)10-14-7/h2-3H,1H3,(H,11,12). The summed E-state index contributed by atoms with van der Waals surface area (Å²) in [5, 5.41) is 13.7. The van der Waals surface area contributed by atoms with Crippen LogP contribution in [0.3, 0.4) is 0 Å². The van der Waals surface area contributed by atoms with E-state index in [1.54, 1.807) is 18.6 Å². The van der Waals surface area contributed by atoms with Gasteiger partial charge < -0.3 is 14.4 Å². The van der Waals surface area contributed by atoms with Gasteiger partial charge in [-0.05, 0) is 5.16 Å². The van der Waals surface area contributed by atoms with Gasteiger partial charge in [-0.3, -0.25) is 0 Å². The molecule has 0 bridgehead atoms. The van der Waals surface area contributed by atoms with Crippen molar-refractivity contribution in [3.8, 4) is 16.5 Å². The van der Waals surface area contributed by atoms with Crippen molar-refractivity contribution in [2.24, 2.45) is 0 Å². The molecule has 2 heterocycles. The third-order valence-electron chi connectivity index (χ3n) is 1.64. The summed E-state index contributed by atoms with van der Waals surface area (Å²) in [6.45, 7) is 0. The Bertz CT molecular complexity index is 490. The van der Waals surface area contributed by atoms with Crippen LogP contribution < -0.4 is 4.74 Å². The number of aromatic nitrogens is 2. The molecule has 0 fully saturated rings. The third-order valence-corrected chi connectivity index (χ3v) is 2.54. The second kappa shape index (κ2) is 3.70. The van der Waals surface area contributed by atoms with E-state index in [-0.39, 0.29) is 11.7 Å². The normalized spacial score (nSPS) is 10.2. The van der Waals surface area contributed by atoms with Crippen molar-refractivity contribution in [1.29, 1.82) is 0 Å². The Labute approximate surface area is 88.1 Å². The first-order valence-corrected chi connectivity index (χ1v) is 4.78. The van der Waals surface area contributed by atoms with Crippen LogP contribution >= 0.6 is 11.3 Å². The van der Waals surface area contributed by atoms with Gasteiger partial charge in [0.1, 0.15) is 5.75 Å². The van der Waals surface area contributed by atoms with E-state index in [2.05, 4.69) is 10.1 Å². The predicted octanol–water partition coefficient (Wildman–Crippen LogP) is 1.50. The van der Waals surface area contributed by atoms with Gasteiger partial charge in [0.05, 0.1) is 12.0 Å². The molecule has 15 heavy (non-hydrogen) atoms. The Morgan fingerprint density at radius 1 is 1.67 bits per heavy atom. The average Bonchev–Trinajstić information content (AvgIpc) is 2.86. The first-order valence-electron chi connectivity index (χ1n) is 3.90. The summed E-state index contributed by atoms with van der Waals surface area (Å²) in [6.07, 6.45) is 0. The summed E-state index contributed by atoms with van der Waals surface area (Å²) >= 11 is 1.34. The maximum Gasteiger partial charge on any atom is 0.377 e. The van der Waals surface area contributed by atoms with Gasteiger partial charge in [-0.15, -0.1) is 11.3 Å². The number of carboxylic acids is 1. The summed E-state index contributed by atoms with van der Waals surface area (Å²) in [7, 11) is 1.54. The van der Waals surface area contributed by atoms with E-state index in [1.165, 1.54) is 11.3 Å². The lowest BCUT2D eigenvalue weighted by atomic mass is 10.4.